The Morgan fingerprint density at radius 2 is 1.93 bits per heavy atom. The Balaban J connectivity index is 1.55. The van der Waals surface area contributed by atoms with Gasteiger partial charge < -0.3 is 4.42 Å². The first kappa shape index (κ1) is 18.6. The summed E-state index contributed by atoms with van der Waals surface area (Å²) < 4.78 is 5.82. The van der Waals surface area contributed by atoms with Crippen molar-refractivity contribution in [2.75, 3.05) is 5.32 Å². The Morgan fingerprint density at radius 3 is 2.70 bits per heavy atom. The first-order valence-corrected chi connectivity index (χ1v) is 10.2. The van der Waals surface area contributed by atoms with E-state index in [1.165, 1.54) is 5.56 Å². The number of hydrogen-bond acceptors (Lipinski definition) is 5. The molecule has 0 spiro atoms. The highest BCUT2D eigenvalue weighted by molar-refractivity contribution is 5.94. The third kappa shape index (κ3) is 3.38. The van der Waals surface area contributed by atoms with Crippen molar-refractivity contribution in [3.63, 3.8) is 0 Å². The predicted molar refractivity (Wildman–Crippen MR) is 116 cm³/mol. The van der Waals surface area contributed by atoms with Gasteiger partial charge in [0, 0.05) is 6.42 Å². The molecule has 0 unspecified atom stereocenters. The SMILES string of the molecule is Cc1ccc([C@@H]2[NH+]=C(Nc3nc4ccccc4o3)NC3=CC(C)(C)CC(=O)[C@H]32)cc1. The minimum Gasteiger partial charge on any atom is -0.412 e. The molecule has 152 valence electrons. The largest absolute Gasteiger partial charge is 0.412 e. The third-order valence-electron chi connectivity index (χ3n) is 5.72. The van der Waals surface area contributed by atoms with Crippen molar-refractivity contribution in [3.05, 3.63) is 71.4 Å². The maximum atomic E-state index is 13.1. The number of hydrogen-bond donors (Lipinski definition) is 3. The van der Waals surface area contributed by atoms with E-state index in [0.29, 0.717) is 18.4 Å². The lowest BCUT2D eigenvalue weighted by Gasteiger charge is -2.36. The zero-order valence-electron chi connectivity index (χ0n) is 17.3. The fourth-order valence-electron chi connectivity index (χ4n) is 4.34. The predicted octanol–water partition coefficient (Wildman–Crippen LogP) is 2.83. The summed E-state index contributed by atoms with van der Waals surface area (Å²) in [4.78, 5) is 21.1. The molecule has 6 heteroatoms. The summed E-state index contributed by atoms with van der Waals surface area (Å²) in [6.07, 6.45) is 2.70. The van der Waals surface area contributed by atoms with Gasteiger partial charge >= 0.3 is 12.0 Å². The second-order valence-electron chi connectivity index (χ2n) is 8.85. The number of Topliss-reactive ketones (excluding diaryl/α,β-unsaturated/α-hetero) is 1. The molecule has 0 saturated heterocycles. The summed E-state index contributed by atoms with van der Waals surface area (Å²) in [5, 5.41) is 6.60. The number of oxazole rings is 1. The highest BCUT2D eigenvalue weighted by atomic mass is 16.4. The summed E-state index contributed by atoms with van der Waals surface area (Å²) in [5.74, 6) is 0.638. The first-order chi connectivity index (χ1) is 14.4. The van der Waals surface area contributed by atoms with Crippen LogP contribution in [-0.4, -0.2) is 16.7 Å². The standard InChI is InChI=1S/C24H24N4O2/c1-14-8-10-15(11-9-14)21-20-17(12-24(2,3)13-18(20)29)25-22(27-21)28-23-26-16-6-4-5-7-19(16)30-23/h4-12,20-21H,13H2,1-3H3,(H2,25,26,27,28)/p+1/t20-,21-/m0/s1. The van der Waals surface area contributed by atoms with Crippen LogP contribution in [-0.2, 0) is 4.79 Å². The van der Waals surface area contributed by atoms with Crippen LogP contribution in [0.25, 0.3) is 11.1 Å². The van der Waals surface area contributed by atoms with Crippen LogP contribution in [0.2, 0.25) is 0 Å². The van der Waals surface area contributed by atoms with Gasteiger partial charge in [0.1, 0.15) is 23.3 Å². The van der Waals surface area contributed by atoms with E-state index >= 15 is 0 Å². The van der Waals surface area contributed by atoms with Crippen molar-refractivity contribution in [2.45, 2.75) is 33.2 Å². The van der Waals surface area contributed by atoms with Gasteiger partial charge in [-0.1, -0.05) is 55.8 Å². The van der Waals surface area contributed by atoms with Gasteiger partial charge in [-0.3, -0.25) is 9.79 Å². The maximum Gasteiger partial charge on any atom is 0.365 e. The molecule has 0 fully saturated rings. The monoisotopic (exact) mass is 401 g/mol. The molecule has 0 bridgehead atoms. The summed E-state index contributed by atoms with van der Waals surface area (Å²) in [6.45, 7) is 6.24. The molecule has 2 heterocycles. The molecule has 30 heavy (non-hydrogen) atoms. The molecule has 3 N–H and O–H groups in total. The van der Waals surface area contributed by atoms with Gasteiger partial charge in [0.05, 0.1) is 5.70 Å². The second-order valence-corrected chi connectivity index (χ2v) is 8.85. The smallest absolute Gasteiger partial charge is 0.365 e. The van der Waals surface area contributed by atoms with Crippen LogP contribution in [0.4, 0.5) is 6.01 Å². The lowest BCUT2D eigenvalue weighted by atomic mass is 9.72. The van der Waals surface area contributed by atoms with E-state index in [1.54, 1.807) is 0 Å². The maximum absolute atomic E-state index is 13.1. The molecule has 6 nitrogen and oxygen atoms in total. The Bertz CT molecular complexity index is 1150. The molecule has 0 saturated carbocycles. The van der Waals surface area contributed by atoms with Crippen molar-refractivity contribution >= 4 is 28.9 Å². The number of carbonyl (C=O) groups is 1. The number of benzene rings is 2. The molecule has 1 aromatic heterocycles. The van der Waals surface area contributed by atoms with Crippen LogP contribution in [0.3, 0.4) is 0 Å². The van der Waals surface area contributed by atoms with Crippen molar-refractivity contribution in [3.8, 4) is 0 Å². The van der Waals surface area contributed by atoms with Crippen molar-refractivity contribution in [1.29, 1.82) is 0 Å². The Labute approximate surface area is 175 Å². The minimum atomic E-state index is -0.255. The third-order valence-corrected chi connectivity index (χ3v) is 5.72. The molecule has 0 amide bonds. The lowest BCUT2D eigenvalue weighted by Crippen LogP contribution is -2.84. The van der Waals surface area contributed by atoms with E-state index < -0.39 is 0 Å². The number of anilines is 1. The van der Waals surface area contributed by atoms with Gasteiger partial charge in [-0.25, -0.2) is 5.32 Å². The quantitative estimate of drug-likeness (QED) is 0.615. The van der Waals surface area contributed by atoms with Crippen LogP contribution in [0.15, 0.2) is 64.7 Å². The van der Waals surface area contributed by atoms with Crippen molar-refractivity contribution < 1.29 is 14.2 Å². The molecule has 2 atom stereocenters. The highest BCUT2D eigenvalue weighted by Gasteiger charge is 2.45. The van der Waals surface area contributed by atoms with Crippen LogP contribution >= 0.6 is 0 Å². The molecule has 2 aliphatic rings. The topological polar surface area (TPSA) is 81.1 Å². The number of nitrogens with zero attached hydrogens (tertiary/aromatic N) is 1. The zero-order valence-corrected chi connectivity index (χ0v) is 17.3. The van der Waals surface area contributed by atoms with Crippen LogP contribution < -0.4 is 15.6 Å². The van der Waals surface area contributed by atoms with E-state index in [-0.39, 0.29) is 23.2 Å². The first-order valence-electron chi connectivity index (χ1n) is 10.2. The number of aryl methyl sites for hydroxylation is 1. The van der Waals surface area contributed by atoms with Crippen LogP contribution in [0.5, 0.6) is 0 Å². The number of ketones is 1. The number of guanidine groups is 1. The molecule has 3 aromatic rings. The lowest BCUT2D eigenvalue weighted by molar-refractivity contribution is -0.522. The normalized spacial score (nSPS) is 22.7. The number of carbonyl (C=O) groups excluding carboxylic acids is 1. The van der Waals surface area contributed by atoms with Crippen molar-refractivity contribution in [1.82, 2.24) is 10.3 Å². The number of fused-ring (bicyclic) bond motifs is 2. The molecule has 1 aliphatic carbocycles. The number of para-hydroxylation sites is 2. The number of rotatable bonds is 2. The summed E-state index contributed by atoms with van der Waals surface area (Å²) >= 11 is 0. The molecule has 2 aromatic carbocycles. The van der Waals surface area contributed by atoms with Gasteiger partial charge in [-0.05, 0) is 36.1 Å². The second kappa shape index (κ2) is 6.83. The number of nitrogens with one attached hydrogen (secondary N) is 3. The van der Waals surface area contributed by atoms with E-state index in [0.717, 1.165) is 22.4 Å². The van der Waals surface area contributed by atoms with Gasteiger partial charge in [-0.2, -0.15) is 10.3 Å². The van der Waals surface area contributed by atoms with Gasteiger partial charge in [-0.15, -0.1) is 0 Å². The average molecular weight is 401 g/mol. The fraction of sp³-hybridized carbons (Fsp3) is 0.292. The minimum absolute atomic E-state index is 0.173. The van der Waals surface area contributed by atoms with E-state index in [9.17, 15) is 4.79 Å². The van der Waals surface area contributed by atoms with E-state index in [2.05, 4.69) is 71.7 Å². The summed E-state index contributed by atoms with van der Waals surface area (Å²) in [7, 11) is 0. The molecule has 5 rings (SSSR count). The molecule has 1 aliphatic heterocycles. The van der Waals surface area contributed by atoms with E-state index in [1.807, 2.05) is 24.3 Å². The Hall–Kier alpha value is -3.41. The average Bonchev–Trinajstić information content (AvgIpc) is 3.09. The molecule has 0 radical (unpaired) electrons. The van der Waals surface area contributed by atoms with Gasteiger partial charge in [0.2, 0.25) is 0 Å². The molecular weight excluding hydrogens is 376 g/mol. The Morgan fingerprint density at radius 1 is 1.17 bits per heavy atom. The fourth-order valence-corrected chi connectivity index (χ4v) is 4.34. The number of allylic oxidation sites excluding steroid dienone is 1. The molecular formula is C24H25N4O2+. The zero-order chi connectivity index (χ0) is 20.9. The summed E-state index contributed by atoms with van der Waals surface area (Å²) in [6, 6.07) is 16.2. The van der Waals surface area contributed by atoms with E-state index in [4.69, 9.17) is 4.42 Å². The van der Waals surface area contributed by atoms with Crippen molar-refractivity contribution in [2.24, 2.45) is 11.3 Å². The highest BCUT2D eigenvalue weighted by Crippen LogP contribution is 2.38. The number of aromatic nitrogens is 1. The van der Waals surface area contributed by atoms with Gasteiger partial charge in [0.25, 0.3) is 0 Å². The van der Waals surface area contributed by atoms with Gasteiger partial charge in [0.15, 0.2) is 5.58 Å². The Kier molecular flexibility index (Phi) is 4.24. The van der Waals surface area contributed by atoms with Crippen LogP contribution in [0.1, 0.15) is 37.4 Å². The van der Waals surface area contributed by atoms with Crippen LogP contribution in [0, 0.1) is 18.3 Å². The summed E-state index contributed by atoms with van der Waals surface area (Å²) in [5.41, 5.74) is 4.50.